The molecule has 4 rings (SSSR count). The molecule has 0 aromatic carbocycles. The Bertz CT molecular complexity index is 1240. The van der Waals surface area contributed by atoms with E-state index < -0.39 is 9.84 Å². The number of pyridine rings is 2. The van der Waals surface area contributed by atoms with Crippen LogP contribution in [0.3, 0.4) is 0 Å². The average Bonchev–Trinajstić information content (AvgIpc) is 3.76. The first-order valence-electron chi connectivity index (χ1n) is 13.5. The molecule has 1 saturated carbocycles. The molecule has 1 aliphatic carbocycles. The quantitative estimate of drug-likeness (QED) is 0.352. The maximum absolute atomic E-state index is 11.3. The number of aryl methyl sites for hydroxylation is 1. The molecule has 0 bridgehead atoms. The lowest BCUT2D eigenvalue weighted by Crippen LogP contribution is -2.31. The number of hydrogen-bond donors (Lipinski definition) is 0. The van der Waals surface area contributed by atoms with Crippen molar-refractivity contribution in [3.05, 3.63) is 72.3 Å². The van der Waals surface area contributed by atoms with E-state index in [2.05, 4.69) is 52.9 Å². The van der Waals surface area contributed by atoms with Gasteiger partial charge in [0, 0.05) is 43.5 Å². The third kappa shape index (κ3) is 9.35. The maximum Gasteiger partial charge on any atom is 0.192 e. The highest BCUT2D eigenvalue weighted by atomic mass is 32.2. The van der Waals surface area contributed by atoms with Gasteiger partial charge in [0.05, 0.1) is 5.69 Å². The van der Waals surface area contributed by atoms with Crippen LogP contribution in [-0.4, -0.2) is 48.8 Å². The van der Waals surface area contributed by atoms with E-state index in [1.807, 2.05) is 33.1 Å². The van der Waals surface area contributed by atoms with Crippen molar-refractivity contribution in [3.63, 3.8) is 0 Å². The van der Waals surface area contributed by atoms with Crippen LogP contribution in [0.5, 0.6) is 0 Å². The van der Waals surface area contributed by atoms with Gasteiger partial charge in [-0.2, -0.15) is 0 Å². The molecule has 0 amide bonds. The highest BCUT2D eigenvalue weighted by Crippen LogP contribution is 2.35. The van der Waals surface area contributed by atoms with Crippen molar-refractivity contribution in [2.24, 2.45) is 16.8 Å². The van der Waals surface area contributed by atoms with Crippen LogP contribution in [0.1, 0.15) is 64.5 Å². The molecule has 0 radical (unpaired) electrons. The van der Waals surface area contributed by atoms with Gasteiger partial charge in [0.1, 0.15) is 5.82 Å². The minimum absolute atomic E-state index is 0.0623. The number of rotatable bonds is 7. The fraction of sp³-hybridized carbons (Fsp3) is 0.452. The fourth-order valence-corrected chi connectivity index (χ4v) is 4.56. The zero-order valence-electron chi connectivity index (χ0n) is 23.9. The van der Waals surface area contributed by atoms with Crippen molar-refractivity contribution in [2.75, 3.05) is 19.3 Å². The van der Waals surface area contributed by atoms with Crippen LogP contribution in [0.25, 0.3) is 17.3 Å². The second-order valence-electron chi connectivity index (χ2n) is 9.69. The second kappa shape index (κ2) is 14.8. The Balaban J connectivity index is 0.000000252. The molecule has 2 aromatic heterocycles. The standard InChI is InChI=1S/C15H24N2.C14H14N2O2S.C2H6/c1-4-14(15-5-6-15)11-16-13(3)17-9-7-12(2)8-10-17;1-4-11-7-13(15-8-10(11)2)12-5-6-14(16-9-12)19(3,17)18;1-2/h4,11-12,15H,3,5-10H2,1-2H3;4-9H,1H2,2-3H3;1-2H3/b14-4+,16-11-;;. The minimum atomic E-state index is -3.27. The summed E-state index contributed by atoms with van der Waals surface area (Å²) in [6.45, 7) is 20.5. The van der Waals surface area contributed by atoms with E-state index in [9.17, 15) is 8.42 Å². The summed E-state index contributed by atoms with van der Waals surface area (Å²) in [7, 11) is -3.27. The van der Waals surface area contributed by atoms with Crippen LogP contribution in [0.15, 0.2) is 71.2 Å². The third-order valence-corrected chi connectivity index (χ3v) is 7.67. The Labute approximate surface area is 230 Å². The highest BCUT2D eigenvalue weighted by Gasteiger charge is 2.24. The van der Waals surface area contributed by atoms with Crippen LogP contribution in [0.2, 0.25) is 0 Å². The molecule has 38 heavy (non-hydrogen) atoms. The smallest absolute Gasteiger partial charge is 0.192 e. The van der Waals surface area contributed by atoms with Crippen molar-refractivity contribution in [1.29, 1.82) is 0 Å². The van der Waals surface area contributed by atoms with E-state index in [0.717, 1.165) is 59.4 Å². The molecule has 2 aliphatic rings. The number of hydrogen-bond acceptors (Lipinski definition) is 6. The summed E-state index contributed by atoms with van der Waals surface area (Å²) in [5.74, 6) is 2.58. The van der Waals surface area contributed by atoms with Crippen LogP contribution >= 0.6 is 0 Å². The van der Waals surface area contributed by atoms with E-state index in [4.69, 9.17) is 0 Å². The number of nitrogens with zero attached hydrogens (tertiary/aromatic N) is 4. The molecule has 6 nitrogen and oxygen atoms in total. The predicted molar refractivity (Wildman–Crippen MR) is 161 cm³/mol. The number of likely N-dealkylation sites (tertiary alicyclic amines) is 1. The van der Waals surface area contributed by atoms with E-state index in [1.54, 1.807) is 18.3 Å². The van der Waals surface area contributed by atoms with Crippen LogP contribution in [0, 0.1) is 18.8 Å². The molecule has 1 aliphatic heterocycles. The van der Waals surface area contributed by atoms with Gasteiger partial charge in [-0.1, -0.05) is 46.1 Å². The summed E-state index contributed by atoms with van der Waals surface area (Å²) in [5.41, 5.74) is 4.94. The second-order valence-corrected chi connectivity index (χ2v) is 11.7. The largest absolute Gasteiger partial charge is 0.357 e. The Kier molecular flexibility index (Phi) is 12.1. The topological polar surface area (TPSA) is 75.5 Å². The molecule has 206 valence electrons. The van der Waals surface area contributed by atoms with Crippen molar-refractivity contribution in [1.82, 2.24) is 14.9 Å². The number of allylic oxidation sites excluding steroid dienone is 2. The maximum atomic E-state index is 11.3. The van der Waals surface area contributed by atoms with Gasteiger partial charge >= 0.3 is 0 Å². The van der Waals surface area contributed by atoms with Gasteiger partial charge in [-0.05, 0) is 86.3 Å². The molecule has 7 heteroatoms. The lowest BCUT2D eigenvalue weighted by atomic mass is 9.99. The Morgan fingerprint density at radius 3 is 2.26 bits per heavy atom. The summed E-state index contributed by atoms with van der Waals surface area (Å²) in [5, 5.41) is 0.0623. The normalized spacial score (nSPS) is 16.3. The third-order valence-electron chi connectivity index (χ3n) is 6.67. The molecule has 0 unspecified atom stereocenters. The van der Waals surface area contributed by atoms with Crippen LogP contribution < -0.4 is 0 Å². The van der Waals surface area contributed by atoms with Gasteiger partial charge in [0.2, 0.25) is 0 Å². The monoisotopic (exact) mass is 536 g/mol. The lowest BCUT2D eigenvalue weighted by molar-refractivity contribution is 0.237. The summed E-state index contributed by atoms with van der Waals surface area (Å²) in [4.78, 5) is 15.1. The highest BCUT2D eigenvalue weighted by molar-refractivity contribution is 7.90. The molecule has 0 atom stereocenters. The molecule has 2 aromatic rings. The number of piperidine rings is 1. The summed E-state index contributed by atoms with van der Waals surface area (Å²) in [6, 6.07) is 5.09. The molecule has 3 heterocycles. The lowest BCUT2D eigenvalue weighted by Gasteiger charge is -2.31. The van der Waals surface area contributed by atoms with Crippen molar-refractivity contribution in [3.8, 4) is 11.3 Å². The number of sulfone groups is 1. The molecule has 1 saturated heterocycles. The first-order chi connectivity index (χ1) is 18.1. The van der Waals surface area contributed by atoms with Gasteiger partial charge in [-0.25, -0.2) is 18.4 Å². The Morgan fingerprint density at radius 1 is 1.11 bits per heavy atom. The van der Waals surface area contributed by atoms with Crippen molar-refractivity contribution >= 4 is 22.1 Å². The fourth-order valence-electron chi connectivity index (χ4n) is 4.00. The zero-order valence-corrected chi connectivity index (χ0v) is 24.8. The van der Waals surface area contributed by atoms with Crippen LogP contribution in [0.4, 0.5) is 0 Å². The first kappa shape index (κ1) is 31.2. The van der Waals surface area contributed by atoms with Gasteiger partial charge < -0.3 is 4.90 Å². The van der Waals surface area contributed by atoms with Crippen molar-refractivity contribution in [2.45, 2.75) is 65.3 Å². The number of aliphatic imine (C=N–C) groups is 1. The SMILES string of the molecule is C=C(/N=C\C(=C/C)C1CC1)N1CCC(C)CC1.C=Cc1cc(-c2ccc(S(C)(=O)=O)nc2)ncc1C.CC. The van der Waals surface area contributed by atoms with E-state index in [1.165, 1.54) is 43.5 Å². The van der Waals surface area contributed by atoms with Gasteiger partial charge in [0.15, 0.2) is 14.9 Å². The molecular weight excluding hydrogens is 492 g/mol. The van der Waals surface area contributed by atoms with Gasteiger partial charge in [-0.3, -0.25) is 4.98 Å². The minimum Gasteiger partial charge on any atom is -0.357 e. The molecular formula is C31H44N4O2S. The van der Waals surface area contributed by atoms with E-state index in [-0.39, 0.29) is 5.03 Å². The molecule has 0 N–H and O–H groups in total. The van der Waals surface area contributed by atoms with Crippen LogP contribution in [-0.2, 0) is 9.84 Å². The Morgan fingerprint density at radius 2 is 1.76 bits per heavy atom. The number of aromatic nitrogens is 2. The molecule has 2 fully saturated rings. The van der Waals surface area contributed by atoms with E-state index in [0.29, 0.717) is 0 Å². The Hall–Kier alpha value is -3.06. The zero-order chi connectivity index (χ0) is 28.3. The first-order valence-corrected chi connectivity index (χ1v) is 15.4. The predicted octanol–water partition coefficient (Wildman–Crippen LogP) is 7.14. The summed E-state index contributed by atoms with van der Waals surface area (Å²) < 4.78 is 22.7. The van der Waals surface area contributed by atoms with Gasteiger partial charge in [-0.15, -0.1) is 0 Å². The van der Waals surface area contributed by atoms with Gasteiger partial charge in [0.25, 0.3) is 0 Å². The van der Waals surface area contributed by atoms with E-state index >= 15 is 0 Å². The van der Waals surface area contributed by atoms with Crippen molar-refractivity contribution < 1.29 is 8.42 Å². The summed E-state index contributed by atoms with van der Waals surface area (Å²) in [6.07, 6.45) is 15.6. The summed E-state index contributed by atoms with van der Waals surface area (Å²) >= 11 is 0. The average molecular weight is 537 g/mol. The molecule has 0 spiro atoms.